The van der Waals surface area contributed by atoms with Gasteiger partial charge in [-0.2, -0.15) is 0 Å². The van der Waals surface area contributed by atoms with Crippen LogP contribution in [0.4, 0.5) is 0 Å². The SMILES string of the molecule is CC1CCCC(C)N1C(=O)COc1ccc(C(=O)NCC2CCCCC2)cc1. The smallest absolute Gasteiger partial charge is 0.260 e. The summed E-state index contributed by atoms with van der Waals surface area (Å²) in [6, 6.07) is 7.62. The van der Waals surface area contributed by atoms with Crippen LogP contribution in [0.3, 0.4) is 0 Å². The van der Waals surface area contributed by atoms with Gasteiger partial charge in [0.2, 0.25) is 0 Å². The third kappa shape index (κ3) is 5.49. The van der Waals surface area contributed by atoms with Gasteiger partial charge in [0.25, 0.3) is 11.8 Å². The molecule has 1 aliphatic heterocycles. The predicted molar refractivity (Wildman–Crippen MR) is 110 cm³/mol. The molecule has 154 valence electrons. The molecule has 1 aliphatic carbocycles. The number of carbonyl (C=O) groups is 2. The van der Waals surface area contributed by atoms with Gasteiger partial charge >= 0.3 is 0 Å². The van der Waals surface area contributed by atoms with Gasteiger partial charge < -0.3 is 15.0 Å². The highest BCUT2D eigenvalue weighted by Crippen LogP contribution is 2.24. The number of piperidine rings is 1. The molecule has 28 heavy (non-hydrogen) atoms. The quantitative estimate of drug-likeness (QED) is 0.798. The van der Waals surface area contributed by atoms with Crippen molar-refractivity contribution in [3.63, 3.8) is 0 Å². The van der Waals surface area contributed by atoms with E-state index < -0.39 is 0 Å². The van der Waals surface area contributed by atoms with E-state index in [4.69, 9.17) is 4.74 Å². The Bertz CT molecular complexity index is 642. The van der Waals surface area contributed by atoms with Gasteiger partial charge in [-0.15, -0.1) is 0 Å². The number of carbonyl (C=O) groups excluding carboxylic acids is 2. The first-order chi connectivity index (χ1) is 13.5. The fourth-order valence-electron chi connectivity index (χ4n) is 4.57. The van der Waals surface area contributed by atoms with Crippen molar-refractivity contribution in [2.75, 3.05) is 13.2 Å². The maximum absolute atomic E-state index is 12.5. The van der Waals surface area contributed by atoms with Crippen molar-refractivity contribution < 1.29 is 14.3 Å². The number of nitrogens with zero attached hydrogens (tertiary/aromatic N) is 1. The molecule has 1 saturated carbocycles. The van der Waals surface area contributed by atoms with Crippen LogP contribution < -0.4 is 10.1 Å². The number of nitrogens with one attached hydrogen (secondary N) is 1. The third-order valence-electron chi connectivity index (χ3n) is 6.24. The summed E-state index contributed by atoms with van der Waals surface area (Å²) < 4.78 is 5.68. The van der Waals surface area contributed by atoms with Crippen LogP contribution >= 0.6 is 0 Å². The van der Waals surface area contributed by atoms with Crippen LogP contribution in [-0.2, 0) is 4.79 Å². The highest BCUT2D eigenvalue weighted by Gasteiger charge is 2.29. The van der Waals surface area contributed by atoms with Crippen LogP contribution in [0.1, 0.15) is 75.6 Å². The number of hydrogen-bond acceptors (Lipinski definition) is 3. The molecule has 2 atom stereocenters. The van der Waals surface area contributed by atoms with Gasteiger partial charge in [-0.1, -0.05) is 19.3 Å². The van der Waals surface area contributed by atoms with Crippen molar-refractivity contribution in [3.05, 3.63) is 29.8 Å². The van der Waals surface area contributed by atoms with E-state index in [1.165, 1.54) is 38.5 Å². The first-order valence-corrected chi connectivity index (χ1v) is 10.9. The van der Waals surface area contributed by atoms with Crippen molar-refractivity contribution in [2.24, 2.45) is 5.92 Å². The van der Waals surface area contributed by atoms with E-state index in [0.717, 1.165) is 19.4 Å². The van der Waals surface area contributed by atoms with Crippen LogP contribution in [0.2, 0.25) is 0 Å². The minimum Gasteiger partial charge on any atom is -0.484 e. The van der Waals surface area contributed by atoms with Crippen LogP contribution in [0.15, 0.2) is 24.3 Å². The van der Waals surface area contributed by atoms with Gasteiger partial charge in [0.05, 0.1) is 0 Å². The standard InChI is InChI=1S/C23H34N2O3/c1-17-7-6-8-18(2)25(17)22(26)16-28-21-13-11-20(12-14-21)23(27)24-15-19-9-4-3-5-10-19/h11-14,17-19H,3-10,15-16H2,1-2H3,(H,24,27). The second-order valence-electron chi connectivity index (χ2n) is 8.46. The monoisotopic (exact) mass is 386 g/mol. The summed E-state index contributed by atoms with van der Waals surface area (Å²) in [5.41, 5.74) is 0.632. The molecule has 5 heteroatoms. The van der Waals surface area contributed by atoms with Gasteiger partial charge in [0.15, 0.2) is 6.61 Å². The molecule has 1 aromatic carbocycles. The summed E-state index contributed by atoms with van der Waals surface area (Å²) in [4.78, 5) is 26.8. The van der Waals surface area contributed by atoms with E-state index in [9.17, 15) is 9.59 Å². The zero-order valence-corrected chi connectivity index (χ0v) is 17.3. The van der Waals surface area contributed by atoms with E-state index in [1.54, 1.807) is 24.3 Å². The molecule has 1 N–H and O–H groups in total. The average Bonchev–Trinajstić information content (AvgIpc) is 2.71. The minimum atomic E-state index is -0.0378. The first-order valence-electron chi connectivity index (χ1n) is 10.9. The molecule has 2 fully saturated rings. The zero-order valence-electron chi connectivity index (χ0n) is 17.3. The average molecular weight is 387 g/mol. The normalized spacial score (nSPS) is 23.3. The maximum Gasteiger partial charge on any atom is 0.260 e. The molecule has 1 saturated heterocycles. The van der Waals surface area contributed by atoms with Crippen LogP contribution in [0.5, 0.6) is 5.75 Å². The second kappa shape index (κ2) is 9.94. The molecule has 1 heterocycles. The highest BCUT2D eigenvalue weighted by molar-refractivity contribution is 5.94. The molecule has 2 unspecified atom stereocenters. The number of likely N-dealkylation sites (tertiary alicyclic amines) is 1. The molecular weight excluding hydrogens is 352 g/mol. The molecule has 0 aromatic heterocycles. The summed E-state index contributed by atoms with van der Waals surface area (Å²) in [6.45, 7) is 5.02. The topological polar surface area (TPSA) is 58.6 Å². The Morgan fingerprint density at radius 2 is 1.61 bits per heavy atom. The van der Waals surface area contributed by atoms with Gasteiger partial charge in [0.1, 0.15) is 5.75 Å². The van der Waals surface area contributed by atoms with Crippen molar-refractivity contribution >= 4 is 11.8 Å². The molecule has 0 bridgehead atoms. The van der Waals surface area contributed by atoms with E-state index >= 15 is 0 Å². The lowest BCUT2D eigenvalue weighted by molar-refractivity contribution is -0.139. The summed E-state index contributed by atoms with van der Waals surface area (Å²) in [6.07, 6.45) is 9.61. The van der Waals surface area contributed by atoms with Crippen molar-refractivity contribution in [1.29, 1.82) is 0 Å². The summed E-state index contributed by atoms with van der Waals surface area (Å²) >= 11 is 0. The first kappa shape index (κ1) is 20.7. The summed E-state index contributed by atoms with van der Waals surface area (Å²) in [5, 5.41) is 3.05. The molecule has 3 rings (SSSR count). The maximum atomic E-state index is 12.5. The number of ether oxygens (including phenoxy) is 1. The van der Waals surface area contributed by atoms with Crippen molar-refractivity contribution in [3.8, 4) is 5.75 Å². The van der Waals surface area contributed by atoms with E-state index in [2.05, 4.69) is 19.2 Å². The lowest BCUT2D eigenvalue weighted by atomic mass is 9.89. The molecule has 0 radical (unpaired) electrons. The fraction of sp³-hybridized carbons (Fsp3) is 0.652. The van der Waals surface area contributed by atoms with Crippen LogP contribution in [0, 0.1) is 5.92 Å². The highest BCUT2D eigenvalue weighted by atomic mass is 16.5. The van der Waals surface area contributed by atoms with E-state index in [0.29, 0.717) is 17.2 Å². The summed E-state index contributed by atoms with van der Waals surface area (Å²) in [7, 11) is 0. The lowest BCUT2D eigenvalue weighted by Gasteiger charge is -2.38. The van der Waals surface area contributed by atoms with E-state index in [1.807, 2.05) is 4.90 Å². The molecule has 0 spiro atoms. The molecular formula is C23H34N2O3. The van der Waals surface area contributed by atoms with Crippen molar-refractivity contribution in [2.45, 2.75) is 77.3 Å². The number of amides is 2. The van der Waals surface area contributed by atoms with E-state index in [-0.39, 0.29) is 30.5 Å². The minimum absolute atomic E-state index is 0.0361. The molecule has 5 nitrogen and oxygen atoms in total. The fourth-order valence-corrected chi connectivity index (χ4v) is 4.57. The Hall–Kier alpha value is -2.04. The Morgan fingerprint density at radius 1 is 0.964 bits per heavy atom. The molecule has 2 amide bonds. The van der Waals surface area contributed by atoms with Gasteiger partial charge in [-0.3, -0.25) is 9.59 Å². The zero-order chi connectivity index (χ0) is 19.9. The third-order valence-corrected chi connectivity index (χ3v) is 6.24. The van der Waals surface area contributed by atoms with Crippen molar-refractivity contribution in [1.82, 2.24) is 10.2 Å². The predicted octanol–water partition coefficient (Wildman–Crippen LogP) is 4.17. The Balaban J connectivity index is 1.45. The summed E-state index contributed by atoms with van der Waals surface area (Å²) in [5.74, 6) is 1.23. The van der Waals surface area contributed by atoms with Crippen LogP contribution in [0.25, 0.3) is 0 Å². The van der Waals surface area contributed by atoms with Gasteiger partial charge in [-0.05, 0) is 76.1 Å². The van der Waals surface area contributed by atoms with Crippen LogP contribution in [-0.4, -0.2) is 41.9 Å². The molecule has 2 aliphatic rings. The van der Waals surface area contributed by atoms with Gasteiger partial charge in [-0.25, -0.2) is 0 Å². The molecule has 1 aromatic rings. The lowest BCUT2D eigenvalue weighted by Crippen LogP contribution is -2.49. The largest absolute Gasteiger partial charge is 0.484 e. The second-order valence-corrected chi connectivity index (χ2v) is 8.46. The Morgan fingerprint density at radius 3 is 2.25 bits per heavy atom. The Labute approximate surface area is 168 Å². The van der Waals surface area contributed by atoms with Gasteiger partial charge in [0, 0.05) is 24.2 Å². The Kier molecular flexibility index (Phi) is 7.35. The number of rotatable bonds is 6. The number of benzene rings is 1. The number of hydrogen-bond donors (Lipinski definition) is 1.